The van der Waals surface area contributed by atoms with Crippen LogP contribution in [0.5, 0.6) is 5.75 Å². The number of rotatable bonds is 13. The summed E-state index contributed by atoms with van der Waals surface area (Å²) in [5.41, 5.74) is -2.20. The lowest BCUT2D eigenvalue weighted by atomic mass is 9.98. The first-order valence-electron chi connectivity index (χ1n) is 12.2. The quantitative estimate of drug-likeness (QED) is 0.148. The number of amides is 1. The average molecular weight is 606 g/mol. The van der Waals surface area contributed by atoms with Gasteiger partial charge in [0.05, 0.1) is 27.3 Å². The Morgan fingerprint density at radius 2 is 1.49 bits per heavy atom. The average Bonchev–Trinajstić information content (AvgIpc) is 2.80. The number of nitrogens with zero attached hydrogens (tertiary/aromatic N) is 2. The fraction of sp³-hybridized carbons (Fsp3) is 0.583. The minimum atomic E-state index is -3.82. The largest absolute Gasteiger partial charge is 0.514 e. The van der Waals surface area contributed by atoms with Crippen LogP contribution in [-0.4, -0.2) is 73.5 Å². The fourth-order valence-corrected chi connectivity index (χ4v) is 3.75. The lowest BCUT2D eigenvalue weighted by Crippen LogP contribution is -2.41. The van der Waals surface area contributed by atoms with Crippen LogP contribution in [0.2, 0.25) is 0 Å². The van der Waals surface area contributed by atoms with Gasteiger partial charge in [-0.25, -0.2) is 27.6 Å². The summed E-state index contributed by atoms with van der Waals surface area (Å²) in [4.78, 5) is 73.1. The van der Waals surface area contributed by atoms with Crippen molar-refractivity contribution in [3.8, 4) is 5.75 Å². The molecule has 41 heavy (non-hydrogen) atoms. The second-order valence-electron chi connectivity index (χ2n) is 10.8. The lowest BCUT2D eigenvalue weighted by Gasteiger charge is -2.24. The summed E-state index contributed by atoms with van der Waals surface area (Å²) in [5, 5.41) is 13.1. The molecular weight excluding hydrogens is 570 g/mol. The highest BCUT2D eigenvalue weighted by Crippen LogP contribution is 2.20. The van der Waals surface area contributed by atoms with Crippen LogP contribution in [0.1, 0.15) is 48.5 Å². The molecule has 1 amide bonds. The Kier molecular flexibility index (Phi) is 12.6. The smallest absolute Gasteiger partial charge is 0.430 e. The molecule has 0 saturated heterocycles. The highest BCUT2D eigenvalue weighted by atomic mass is 32.2. The van der Waals surface area contributed by atoms with E-state index >= 15 is 0 Å². The molecule has 1 N–H and O–H groups in total. The molecule has 0 aliphatic rings. The molecule has 1 unspecified atom stereocenters. The minimum Gasteiger partial charge on any atom is -0.430 e. The molecule has 0 fully saturated rings. The molecule has 16 nitrogen and oxygen atoms in total. The first kappa shape index (κ1) is 35.2. The van der Waals surface area contributed by atoms with Crippen molar-refractivity contribution in [3.05, 3.63) is 34.4 Å². The van der Waals surface area contributed by atoms with Gasteiger partial charge in [0.15, 0.2) is 21.8 Å². The molecule has 0 saturated carbocycles. The molecule has 1 rings (SSSR count). The number of carbonyl (C=O) groups is 4. The Hall–Kier alpha value is -3.83. The highest BCUT2D eigenvalue weighted by molar-refractivity contribution is 7.91. The molecule has 230 valence electrons. The van der Waals surface area contributed by atoms with E-state index in [0.29, 0.717) is 0 Å². The number of benzene rings is 1. The van der Waals surface area contributed by atoms with Gasteiger partial charge in [-0.3, -0.25) is 14.9 Å². The van der Waals surface area contributed by atoms with Gasteiger partial charge in [-0.2, -0.15) is 0 Å². The lowest BCUT2D eigenvalue weighted by molar-refractivity contribution is -0.485. The number of nitrogens with one attached hydrogen (secondary N) is 1. The normalized spacial score (nSPS) is 12.7. The molecule has 1 aromatic rings. The molecule has 1 atom stereocenters. The van der Waals surface area contributed by atoms with Gasteiger partial charge in [-0.1, -0.05) is 0 Å². The fourth-order valence-electron chi connectivity index (χ4n) is 2.38. The van der Waals surface area contributed by atoms with Crippen molar-refractivity contribution in [1.29, 1.82) is 0 Å². The van der Waals surface area contributed by atoms with Crippen LogP contribution in [0.3, 0.4) is 0 Å². The number of nitro benzene ring substituents is 1. The molecule has 1 aromatic carbocycles. The van der Waals surface area contributed by atoms with E-state index in [0.717, 1.165) is 12.1 Å². The maximum atomic E-state index is 12.4. The third kappa shape index (κ3) is 13.9. The molecule has 0 aromatic heterocycles. The van der Waals surface area contributed by atoms with Crippen molar-refractivity contribution in [2.75, 3.05) is 24.7 Å². The van der Waals surface area contributed by atoms with E-state index in [4.69, 9.17) is 24.0 Å². The summed E-state index contributed by atoms with van der Waals surface area (Å²) in [6.45, 7) is 9.44. The van der Waals surface area contributed by atoms with Crippen LogP contribution in [-0.2, 0) is 43.5 Å². The zero-order valence-corrected chi connectivity index (χ0v) is 24.6. The minimum absolute atomic E-state index is 0.0412. The number of hydrogen-bond donors (Lipinski definition) is 1. The van der Waals surface area contributed by atoms with Crippen LogP contribution in [0.15, 0.2) is 24.3 Å². The van der Waals surface area contributed by atoms with Gasteiger partial charge in [-0.05, 0) is 60.6 Å². The number of hydrogen-bond acceptors (Lipinski definition) is 14. The summed E-state index contributed by atoms with van der Waals surface area (Å²) >= 11 is 0. The number of ether oxygens (including phenoxy) is 2. The molecule has 0 spiro atoms. The van der Waals surface area contributed by atoms with Gasteiger partial charge in [0.1, 0.15) is 11.9 Å². The Bertz CT molecular complexity index is 1170. The predicted octanol–water partition coefficient (Wildman–Crippen LogP) is 2.27. The third-order valence-corrected chi connectivity index (χ3v) is 6.41. The number of sulfone groups is 1. The van der Waals surface area contributed by atoms with Crippen LogP contribution in [0.25, 0.3) is 0 Å². The Labute approximate surface area is 237 Å². The van der Waals surface area contributed by atoms with Crippen molar-refractivity contribution in [3.63, 3.8) is 0 Å². The van der Waals surface area contributed by atoms with Crippen molar-refractivity contribution in [2.45, 2.75) is 54.6 Å². The monoisotopic (exact) mass is 605 g/mol. The van der Waals surface area contributed by atoms with Crippen molar-refractivity contribution >= 4 is 39.5 Å². The topological polar surface area (TPSA) is 207 Å². The Morgan fingerprint density at radius 1 is 0.976 bits per heavy atom. The summed E-state index contributed by atoms with van der Waals surface area (Å²) in [7, 11) is -3.82. The highest BCUT2D eigenvalue weighted by Gasteiger charge is 2.32. The predicted molar refractivity (Wildman–Crippen MR) is 140 cm³/mol. The standard InChI is InChI=1S/C24H35N3O13S/c1-16(37-22(31)38-18-10-8-17(9-11-18)26(32)33)15-41(34,35)13-12-25-19(28)14-36-27(39-20(29)23(2,3)4)40-21(30)24(5,6)7/h8-11,16H,12-15H2,1-7H3,(H,25,28). The zero-order chi connectivity index (χ0) is 31.6. The van der Waals surface area contributed by atoms with Gasteiger partial charge in [0.2, 0.25) is 5.91 Å². The van der Waals surface area contributed by atoms with Gasteiger partial charge < -0.3 is 24.5 Å². The van der Waals surface area contributed by atoms with E-state index in [2.05, 4.69) is 5.32 Å². The number of non-ortho nitro benzene ring substituents is 1. The van der Waals surface area contributed by atoms with Crippen molar-refractivity contribution in [2.24, 2.45) is 10.8 Å². The van der Waals surface area contributed by atoms with Crippen molar-refractivity contribution < 1.29 is 56.5 Å². The van der Waals surface area contributed by atoms with Crippen LogP contribution in [0.4, 0.5) is 10.5 Å². The SMILES string of the molecule is CC(CS(=O)(=O)CCNC(=O)CON(OC(=O)C(C)(C)C)OC(=O)C(C)(C)C)OC(=O)Oc1ccc([N+](=O)[O-])cc1. The molecule has 0 heterocycles. The Balaban J connectivity index is 2.53. The van der Waals surface area contributed by atoms with Crippen molar-refractivity contribution in [1.82, 2.24) is 10.7 Å². The summed E-state index contributed by atoms with van der Waals surface area (Å²) in [6, 6.07) is 4.58. The summed E-state index contributed by atoms with van der Waals surface area (Å²) in [6.07, 6.45) is -2.33. The van der Waals surface area contributed by atoms with Crippen LogP contribution >= 0.6 is 0 Å². The van der Waals surface area contributed by atoms with Gasteiger partial charge >= 0.3 is 18.1 Å². The summed E-state index contributed by atoms with van der Waals surface area (Å²) < 4.78 is 34.5. The van der Waals surface area contributed by atoms with E-state index in [1.165, 1.54) is 19.1 Å². The van der Waals surface area contributed by atoms with E-state index in [1.54, 1.807) is 41.5 Å². The Morgan fingerprint density at radius 3 is 1.95 bits per heavy atom. The van der Waals surface area contributed by atoms with E-state index in [9.17, 15) is 37.7 Å². The van der Waals surface area contributed by atoms with Crippen LogP contribution < -0.4 is 10.1 Å². The molecule has 0 radical (unpaired) electrons. The second-order valence-corrected chi connectivity index (χ2v) is 13.0. The van der Waals surface area contributed by atoms with Gasteiger partial charge in [-0.15, -0.1) is 0 Å². The molecule has 0 aliphatic carbocycles. The first-order valence-corrected chi connectivity index (χ1v) is 14.0. The first-order chi connectivity index (χ1) is 18.7. The number of carbonyl (C=O) groups excluding carboxylic acids is 4. The molecular formula is C24H35N3O13S. The van der Waals surface area contributed by atoms with Crippen LogP contribution in [0, 0.1) is 20.9 Å². The maximum Gasteiger partial charge on any atom is 0.514 e. The third-order valence-electron chi connectivity index (χ3n) is 4.61. The van der Waals surface area contributed by atoms with E-state index in [-0.39, 0.29) is 23.4 Å². The molecule has 0 aliphatic heterocycles. The van der Waals surface area contributed by atoms with E-state index < -0.39 is 73.8 Å². The second kappa shape index (κ2) is 14.7. The van der Waals surface area contributed by atoms with Gasteiger partial charge in [0, 0.05) is 18.7 Å². The summed E-state index contributed by atoms with van der Waals surface area (Å²) in [5.74, 6) is -3.61. The van der Waals surface area contributed by atoms with Gasteiger partial charge in [0.25, 0.3) is 5.69 Å². The van der Waals surface area contributed by atoms with E-state index in [1.807, 2.05) is 0 Å². The molecule has 17 heteroatoms. The number of nitro groups is 1. The maximum absolute atomic E-state index is 12.4. The molecule has 0 bridgehead atoms. The zero-order valence-electron chi connectivity index (χ0n) is 23.8.